The number of rotatable bonds is 6. The van der Waals surface area contributed by atoms with Crippen molar-refractivity contribution in [1.82, 2.24) is 14.6 Å². The molecular weight excluding hydrogens is 382 g/mol. The van der Waals surface area contributed by atoms with E-state index in [0.29, 0.717) is 18.9 Å². The summed E-state index contributed by atoms with van der Waals surface area (Å²) >= 11 is 0. The standard InChI is InChI=1S/C19H23N3O5S/c1-13-15(4-3-9-20-13)12-27-16-5-7-17(8-6-16)28(25,26)22-11-10-21-14(2)18(22)19(23)24/h3-9,14,18,21H,10-12H2,1-2H3,(H,23,24). The van der Waals surface area contributed by atoms with Crippen molar-refractivity contribution < 1.29 is 23.1 Å². The number of aryl methyl sites for hydroxylation is 1. The first-order valence-electron chi connectivity index (χ1n) is 8.92. The molecule has 0 bridgehead atoms. The largest absolute Gasteiger partial charge is 0.489 e. The molecule has 0 aliphatic carbocycles. The Kier molecular flexibility index (Phi) is 5.97. The number of sulfonamides is 1. The van der Waals surface area contributed by atoms with E-state index in [-0.39, 0.29) is 11.4 Å². The Morgan fingerprint density at radius 2 is 2.04 bits per heavy atom. The van der Waals surface area contributed by atoms with E-state index >= 15 is 0 Å². The number of ether oxygens (including phenoxy) is 1. The summed E-state index contributed by atoms with van der Waals surface area (Å²) in [6.07, 6.45) is 1.71. The van der Waals surface area contributed by atoms with Crippen molar-refractivity contribution in [3.8, 4) is 5.75 Å². The lowest BCUT2D eigenvalue weighted by Crippen LogP contribution is -2.61. The van der Waals surface area contributed by atoms with Crippen LogP contribution in [-0.2, 0) is 21.4 Å². The van der Waals surface area contributed by atoms with Crippen LogP contribution in [0.25, 0.3) is 0 Å². The molecule has 1 aliphatic rings. The van der Waals surface area contributed by atoms with Crippen LogP contribution in [0.3, 0.4) is 0 Å². The Labute approximate surface area is 164 Å². The second-order valence-corrected chi connectivity index (χ2v) is 8.54. The van der Waals surface area contributed by atoms with E-state index in [2.05, 4.69) is 10.3 Å². The topological polar surface area (TPSA) is 109 Å². The van der Waals surface area contributed by atoms with E-state index in [4.69, 9.17) is 4.74 Å². The number of aromatic nitrogens is 1. The van der Waals surface area contributed by atoms with E-state index in [0.717, 1.165) is 15.6 Å². The smallest absolute Gasteiger partial charge is 0.323 e. The summed E-state index contributed by atoms with van der Waals surface area (Å²) in [5.41, 5.74) is 1.81. The highest BCUT2D eigenvalue weighted by molar-refractivity contribution is 7.89. The van der Waals surface area contributed by atoms with Crippen LogP contribution in [0.5, 0.6) is 5.75 Å². The predicted molar refractivity (Wildman–Crippen MR) is 103 cm³/mol. The molecule has 3 rings (SSSR count). The van der Waals surface area contributed by atoms with Gasteiger partial charge in [0.05, 0.1) is 4.90 Å². The Morgan fingerprint density at radius 3 is 2.68 bits per heavy atom. The van der Waals surface area contributed by atoms with Crippen LogP contribution in [0.1, 0.15) is 18.2 Å². The molecule has 9 heteroatoms. The molecule has 1 aromatic heterocycles. The van der Waals surface area contributed by atoms with Gasteiger partial charge in [-0.2, -0.15) is 4.31 Å². The second-order valence-electron chi connectivity index (χ2n) is 6.65. The van der Waals surface area contributed by atoms with Crippen molar-refractivity contribution in [3.63, 3.8) is 0 Å². The minimum Gasteiger partial charge on any atom is -0.489 e. The van der Waals surface area contributed by atoms with Gasteiger partial charge in [-0.15, -0.1) is 0 Å². The average Bonchev–Trinajstić information content (AvgIpc) is 2.67. The summed E-state index contributed by atoms with van der Waals surface area (Å²) in [4.78, 5) is 15.8. The normalized spacial score (nSPS) is 20.6. The number of benzene rings is 1. The van der Waals surface area contributed by atoms with Gasteiger partial charge < -0.3 is 15.2 Å². The molecular formula is C19H23N3O5S. The Bertz CT molecular complexity index is 946. The van der Waals surface area contributed by atoms with Crippen LogP contribution >= 0.6 is 0 Å². The van der Waals surface area contributed by atoms with Crippen molar-refractivity contribution in [3.05, 3.63) is 53.9 Å². The minimum absolute atomic E-state index is 0.0396. The molecule has 2 unspecified atom stereocenters. The Balaban J connectivity index is 1.76. The minimum atomic E-state index is -3.93. The molecule has 28 heavy (non-hydrogen) atoms. The molecule has 1 saturated heterocycles. The summed E-state index contributed by atoms with van der Waals surface area (Å²) in [5.74, 6) is -0.652. The molecule has 1 aromatic carbocycles. The zero-order valence-electron chi connectivity index (χ0n) is 15.7. The first kappa shape index (κ1) is 20.2. The maximum atomic E-state index is 13.0. The molecule has 150 valence electrons. The molecule has 1 aliphatic heterocycles. The van der Waals surface area contributed by atoms with Crippen molar-refractivity contribution in [2.24, 2.45) is 0 Å². The van der Waals surface area contributed by atoms with Gasteiger partial charge >= 0.3 is 5.97 Å². The van der Waals surface area contributed by atoms with Crippen LogP contribution in [0.2, 0.25) is 0 Å². The number of piperazine rings is 1. The zero-order chi connectivity index (χ0) is 20.3. The van der Waals surface area contributed by atoms with Crippen LogP contribution < -0.4 is 10.1 Å². The average molecular weight is 405 g/mol. The van der Waals surface area contributed by atoms with Crippen molar-refractivity contribution >= 4 is 16.0 Å². The fourth-order valence-corrected chi connectivity index (χ4v) is 4.84. The third kappa shape index (κ3) is 4.16. The maximum Gasteiger partial charge on any atom is 0.323 e. The molecule has 2 heterocycles. The lowest BCUT2D eigenvalue weighted by Gasteiger charge is -2.36. The number of hydrogen-bond acceptors (Lipinski definition) is 6. The van der Waals surface area contributed by atoms with Crippen LogP contribution in [0, 0.1) is 6.92 Å². The molecule has 2 atom stereocenters. The van der Waals surface area contributed by atoms with Gasteiger partial charge in [0.25, 0.3) is 0 Å². The van der Waals surface area contributed by atoms with Gasteiger partial charge in [0.2, 0.25) is 10.0 Å². The first-order valence-corrected chi connectivity index (χ1v) is 10.4. The van der Waals surface area contributed by atoms with Gasteiger partial charge in [0.15, 0.2) is 0 Å². The van der Waals surface area contributed by atoms with Crippen molar-refractivity contribution in [2.75, 3.05) is 13.1 Å². The second kappa shape index (κ2) is 8.26. The summed E-state index contributed by atoms with van der Waals surface area (Å²) in [6.45, 7) is 4.37. The van der Waals surface area contributed by atoms with Crippen LogP contribution in [0.15, 0.2) is 47.5 Å². The van der Waals surface area contributed by atoms with Gasteiger partial charge in [-0.05, 0) is 44.2 Å². The number of hydrogen-bond donors (Lipinski definition) is 2. The molecule has 1 fully saturated rings. The highest BCUT2D eigenvalue weighted by Crippen LogP contribution is 2.24. The molecule has 0 radical (unpaired) electrons. The van der Waals surface area contributed by atoms with E-state index in [9.17, 15) is 18.3 Å². The summed E-state index contributed by atoms with van der Waals surface area (Å²) in [6, 6.07) is 8.13. The number of aliphatic carboxylic acids is 1. The third-order valence-electron chi connectivity index (χ3n) is 4.78. The van der Waals surface area contributed by atoms with E-state index in [1.165, 1.54) is 12.1 Å². The third-order valence-corrected chi connectivity index (χ3v) is 6.67. The van der Waals surface area contributed by atoms with Crippen molar-refractivity contribution in [1.29, 1.82) is 0 Å². The number of carbonyl (C=O) groups is 1. The van der Waals surface area contributed by atoms with Gasteiger partial charge in [0.1, 0.15) is 18.4 Å². The fourth-order valence-electron chi connectivity index (χ4n) is 3.18. The lowest BCUT2D eigenvalue weighted by atomic mass is 10.1. The number of carboxylic acid groups (broad SMARTS) is 1. The van der Waals surface area contributed by atoms with Crippen LogP contribution in [0.4, 0.5) is 0 Å². The number of nitrogens with zero attached hydrogens (tertiary/aromatic N) is 2. The van der Waals surface area contributed by atoms with E-state index in [1.807, 2.05) is 19.1 Å². The monoisotopic (exact) mass is 405 g/mol. The summed E-state index contributed by atoms with van der Waals surface area (Å²) in [5, 5.41) is 12.5. The highest BCUT2D eigenvalue weighted by Gasteiger charge is 2.41. The van der Waals surface area contributed by atoms with Crippen molar-refractivity contribution in [2.45, 2.75) is 37.4 Å². The quantitative estimate of drug-likeness (QED) is 0.748. The molecule has 8 nitrogen and oxygen atoms in total. The molecule has 2 N–H and O–H groups in total. The van der Waals surface area contributed by atoms with E-state index < -0.39 is 28.1 Å². The molecule has 0 spiro atoms. The molecule has 0 saturated carbocycles. The van der Waals surface area contributed by atoms with Gasteiger partial charge in [-0.3, -0.25) is 9.78 Å². The van der Waals surface area contributed by atoms with Gasteiger partial charge in [0, 0.05) is 36.6 Å². The zero-order valence-corrected chi connectivity index (χ0v) is 16.5. The van der Waals surface area contributed by atoms with E-state index in [1.54, 1.807) is 25.3 Å². The summed E-state index contributed by atoms with van der Waals surface area (Å²) < 4.78 is 32.7. The lowest BCUT2D eigenvalue weighted by molar-refractivity contribution is -0.143. The Hall–Kier alpha value is -2.49. The first-order chi connectivity index (χ1) is 13.3. The predicted octanol–water partition coefficient (Wildman–Crippen LogP) is 1.40. The highest BCUT2D eigenvalue weighted by atomic mass is 32.2. The summed E-state index contributed by atoms with van der Waals surface area (Å²) in [7, 11) is -3.93. The Morgan fingerprint density at radius 1 is 1.32 bits per heavy atom. The molecule has 2 aromatic rings. The fraction of sp³-hybridized carbons (Fsp3) is 0.368. The van der Waals surface area contributed by atoms with Gasteiger partial charge in [-0.25, -0.2) is 8.42 Å². The maximum absolute atomic E-state index is 13.0. The number of carboxylic acids is 1. The number of nitrogens with one attached hydrogen (secondary N) is 1. The SMILES string of the molecule is Cc1ncccc1COc1ccc(S(=O)(=O)N2CCNC(C)C2C(=O)O)cc1. The van der Waals surface area contributed by atoms with Gasteiger partial charge in [-0.1, -0.05) is 6.07 Å². The van der Waals surface area contributed by atoms with Crippen LogP contribution in [-0.4, -0.2) is 54.0 Å². The number of pyridine rings is 1. The molecule has 0 amide bonds.